The van der Waals surface area contributed by atoms with Crippen LogP contribution in [0.15, 0.2) is 119 Å². The van der Waals surface area contributed by atoms with E-state index in [9.17, 15) is 0 Å². The maximum absolute atomic E-state index is 6.66. The fourth-order valence-electron chi connectivity index (χ4n) is 7.52. The van der Waals surface area contributed by atoms with E-state index in [2.05, 4.69) is 141 Å². The maximum Gasteiger partial charge on any atom is 0.496 e. The first kappa shape index (κ1) is 24.8. The fraction of sp³-hybridized carbons (Fsp3) is 0.189. The lowest BCUT2D eigenvalue weighted by Crippen LogP contribution is -2.42. The van der Waals surface area contributed by atoms with Gasteiger partial charge in [0.25, 0.3) is 0 Å². The Labute approximate surface area is 250 Å². The molecular formula is C37H30BNO2S. The average Bonchev–Trinajstić information content (AvgIpc) is 3.45. The van der Waals surface area contributed by atoms with Gasteiger partial charge in [-0.2, -0.15) is 0 Å². The molecular weight excluding hydrogens is 533 g/mol. The van der Waals surface area contributed by atoms with E-state index >= 15 is 0 Å². The van der Waals surface area contributed by atoms with Crippen LogP contribution < -0.4 is 5.46 Å². The summed E-state index contributed by atoms with van der Waals surface area (Å²) in [5, 5.41) is 2.57. The van der Waals surface area contributed by atoms with Crippen LogP contribution in [-0.4, -0.2) is 22.9 Å². The van der Waals surface area contributed by atoms with Crippen molar-refractivity contribution in [1.29, 1.82) is 0 Å². The predicted octanol–water partition coefficient (Wildman–Crippen LogP) is 8.24. The van der Waals surface area contributed by atoms with E-state index in [1.54, 1.807) is 0 Å². The normalized spacial score (nSPS) is 21.0. The molecule has 6 aromatic rings. The molecule has 5 aromatic carbocycles. The zero-order valence-electron chi connectivity index (χ0n) is 24.1. The maximum atomic E-state index is 6.66. The topological polar surface area (TPSA) is 23.4 Å². The number of benzene rings is 5. The lowest BCUT2D eigenvalue weighted by molar-refractivity contribution is 0.00578. The lowest BCUT2D eigenvalue weighted by atomic mass is 9.61. The van der Waals surface area contributed by atoms with Crippen LogP contribution in [0.25, 0.3) is 27.5 Å². The summed E-state index contributed by atoms with van der Waals surface area (Å²) in [6.45, 7) is 8.51. The van der Waals surface area contributed by atoms with Crippen LogP contribution in [-0.2, 0) is 14.7 Å². The molecule has 1 unspecified atom stereocenters. The molecule has 42 heavy (non-hydrogen) atoms. The molecule has 3 nitrogen and oxygen atoms in total. The molecule has 0 bridgehead atoms. The Bertz CT molecular complexity index is 2090. The van der Waals surface area contributed by atoms with Crippen LogP contribution in [0.1, 0.15) is 49.9 Å². The Morgan fingerprint density at radius 3 is 2.05 bits per heavy atom. The Kier molecular flexibility index (Phi) is 4.84. The molecule has 5 heteroatoms. The van der Waals surface area contributed by atoms with Crippen molar-refractivity contribution in [2.75, 3.05) is 0 Å². The second kappa shape index (κ2) is 8.20. The van der Waals surface area contributed by atoms with E-state index in [-0.39, 0.29) is 0 Å². The highest BCUT2D eigenvalue weighted by Gasteiger charge is 2.55. The third-order valence-corrected chi connectivity index (χ3v) is 11.3. The van der Waals surface area contributed by atoms with Gasteiger partial charge in [0, 0.05) is 20.6 Å². The summed E-state index contributed by atoms with van der Waals surface area (Å²) in [6, 6.07) is 40.4. The second-order valence-corrected chi connectivity index (χ2v) is 13.8. The number of aromatic nitrogens is 1. The van der Waals surface area contributed by atoms with Crippen LogP contribution in [0.2, 0.25) is 0 Å². The third kappa shape index (κ3) is 2.91. The van der Waals surface area contributed by atoms with Crippen LogP contribution in [0.4, 0.5) is 0 Å². The number of nitrogens with zero attached hydrogens (tertiary/aromatic N) is 1. The summed E-state index contributed by atoms with van der Waals surface area (Å²) in [6.07, 6.45) is 0. The molecule has 0 saturated carbocycles. The third-order valence-electron chi connectivity index (χ3n) is 10.1. The van der Waals surface area contributed by atoms with Gasteiger partial charge < -0.3 is 13.9 Å². The molecule has 0 amide bonds. The number of hydrogen-bond acceptors (Lipinski definition) is 3. The van der Waals surface area contributed by atoms with Gasteiger partial charge in [0.2, 0.25) is 0 Å². The first-order chi connectivity index (χ1) is 20.3. The molecule has 204 valence electrons. The van der Waals surface area contributed by atoms with Crippen molar-refractivity contribution in [3.05, 3.63) is 131 Å². The van der Waals surface area contributed by atoms with Crippen molar-refractivity contribution in [3.8, 4) is 5.69 Å². The Morgan fingerprint density at radius 1 is 0.595 bits per heavy atom. The molecule has 0 radical (unpaired) electrons. The highest BCUT2D eigenvalue weighted by atomic mass is 32.2. The first-order valence-corrected chi connectivity index (χ1v) is 15.5. The Morgan fingerprint density at radius 2 is 1.21 bits per heavy atom. The highest BCUT2D eigenvalue weighted by molar-refractivity contribution is 7.99. The summed E-state index contributed by atoms with van der Waals surface area (Å²) in [4.78, 5) is 2.50. The largest absolute Gasteiger partial charge is 0.496 e. The van der Waals surface area contributed by atoms with Crippen LogP contribution >= 0.6 is 11.8 Å². The smallest absolute Gasteiger partial charge is 0.399 e. The standard InChI is InChI=1S/C37H30BNO2S/c1-35(2)36(3,4)41-38(40-35)29-19-12-18-28-34(29)42-32-22-10-7-16-26(32)37(28)25-15-6-9-21-31(25)39-30-20-8-5-13-23(30)24-14-11-17-27(37)33(24)39/h5-22H,1-4H3. The fourth-order valence-corrected chi connectivity index (χ4v) is 8.83. The van der Waals surface area contributed by atoms with E-state index in [0.717, 1.165) is 5.46 Å². The molecule has 1 atom stereocenters. The van der Waals surface area contributed by atoms with Gasteiger partial charge in [0.05, 0.1) is 33.3 Å². The average molecular weight is 564 g/mol. The summed E-state index contributed by atoms with van der Waals surface area (Å²) in [5.74, 6) is 0. The van der Waals surface area contributed by atoms with Crippen molar-refractivity contribution >= 4 is 46.1 Å². The van der Waals surface area contributed by atoms with Gasteiger partial charge in [-0.05, 0) is 73.6 Å². The molecule has 1 spiro atoms. The van der Waals surface area contributed by atoms with Gasteiger partial charge in [-0.25, -0.2) is 0 Å². The zero-order chi connectivity index (χ0) is 28.4. The van der Waals surface area contributed by atoms with Gasteiger partial charge in [0.1, 0.15) is 0 Å². The highest BCUT2D eigenvalue weighted by Crippen LogP contribution is 2.60. The van der Waals surface area contributed by atoms with Crippen LogP contribution in [0.5, 0.6) is 0 Å². The zero-order valence-corrected chi connectivity index (χ0v) is 25.0. The van der Waals surface area contributed by atoms with E-state index in [1.807, 2.05) is 11.8 Å². The quantitative estimate of drug-likeness (QED) is 0.188. The molecule has 3 aliphatic rings. The van der Waals surface area contributed by atoms with Gasteiger partial charge in [-0.3, -0.25) is 0 Å². The van der Waals surface area contributed by atoms with E-state index < -0.39 is 23.7 Å². The summed E-state index contributed by atoms with van der Waals surface area (Å²) in [7, 11) is -0.444. The molecule has 3 aliphatic heterocycles. The Balaban J connectivity index is 1.44. The molecule has 0 aliphatic carbocycles. The number of rotatable bonds is 1. The number of hydrogen-bond donors (Lipinski definition) is 0. The van der Waals surface area contributed by atoms with Gasteiger partial charge in [-0.15, -0.1) is 0 Å². The minimum atomic E-state index is -0.503. The van der Waals surface area contributed by atoms with Crippen molar-refractivity contribution in [2.24, 2.45) is 0 Å². The molecule has 1 saturated heterocycles. The van der Waals surface area contributed by atoms with E-state index in [1.165, 1.54) is 59.5 Å². The SMILES string of the molecule is CC1(C)OB(c2cccc3c2Sc2ccccc2C32c3ccccc3-n3c4ccccc4c4cccc2c43)OC1(C)C. The summed E-state index contributed by atoms with van der Waals surface area (Å²) in [5.41, 5.74) is 8.74. The Hall–Kier alpha value is -3.77. The number of para-hydroxylation sites is 3. The number of fused-ring (bicyclic) bond motifs is 11. The minimum Gasteiger partial charge on any atom is -0.399 e. The van der Waals surface area contributed by atoms with Crippen molar-refractivity contribution in [1.82, 2.24) is 4.57 Å². The minimum absolute atomic E-state index is 0.417. The van der Waals surface area contributed by atoms with Crippen LogP contribution in [0, 0.1) is 0 Å². The first-order valence-electron chi connectivity index (χ1n) is 14.7. The van der Waals surface area contributed by atoms with Crippen molar-refractivity contribution in [3.63, 3.8) is 0 Å². The predicted molar refractivity (Wildman–Crippen MR) is 172 cm³/mol. The molecule has 0 N–H and O–H groups in total. The van der Waals surface area contributed by atoms with Gasteiger partial charge in [-0.1, -0.05) is 103 Å². The summed E-state index contributed by atoms with van der Waals surface area (Å²) >= 11 is 1.85. The van der Waals surface area contributed by atoms with Crippen molar-refractivity contribution < 1.29 is 9.31 Å². The molecule has 9 rings (SSSR count). The van der Waals surface area contributed by atoms with Crippen molar-refractivity contribution in [2.45, 2.75) is 54.1 Å². The second-order valence-electron chi connectivity index (χ2n) is 12.7. The monoisotopic (exact) mass is 563 g/mol. The molecule has 1 aromatic heterocycles. The van der Waals surface area contributed by atoms with Gasteiger partial charge >= 0.3 is 7.12 Å². The van der Waals surface area contributed by atoms with E-state index in [0.29, 0.717) is 0 Å². The molecule has 1 fully saturated rings. The van der Waals surface area contributed by atoms with Gasteiger partial charge in [0.15, 0.2) is 0 Å². The van der Waals surface area contributed by atoms with E-state index in [4.69, 9.17) is 9.31 Å². The lowest BCUT2D eigenvalue weighted by Gasteiger charge is -2.45. The molecule has 4 heterocycles. The summed E-state index contributed by atoms with van der Waals surface area (Å²) < 4.78 is 15.8. The van der Waals surface area contributed by atoms with Crippen LogP contribution in [0.3, 0.4) is 0 Å².